The van der Waals surface area contributed by atoms with Crippen LogP contribution in [0.5, 0.6) is 0 Å². The molecule has 0 aliphatic carbocycles. The fourth-order valence-electron chi connectivity index (χ4n) is 1.14. The molecule has 0 saturated heterocycles. The first kappa shape index (κ1) is 11.5. The van der Waals surface area contributed by atoms with Gasteiger partial charge in [-0.05, 0) is 24.8 Å². The van der Waals surface area contributed by atoms with E-state index < -0.39 is 0 Å². The summed E-state index contributed by atoms with van der Waals surface area (Å²) in [5.41, 5.74) is 1.11. The summed E-state index contributed by atoms with van der Waals surface area (Å²) in [7, 11) is 0. The largest absolute Gasteiger partial charge is 0.308 e. The molecular formula is C11H18N2S. The quantitative estimate of drug-likeness (QED) is 0.780. The second-order valence-electron chi connectivity index (χ2n) is 3.26. The predicted molar refractivity (Wildman–Crippen MR) is 63.5 cm³/mol. The Labute approximate surface area is 90.5 Å². The summed E-state index contributed by atoms with van der Waals surface area (Å²) in [6.07, 6.45) is 1.84. The minimum atomic E-state index is 0.557. The second-order valence-corrected chi connectivity index (χ2v) is 4.58. The molecule has 1 rings (SSSR count). The zero-order chi connectivity index (χ0) is 10.2. The molecule has 1 N–H and O–H groups in total. The summed E-state index contributed by atoms with van der Waals surface area (Å²) >= 11 is 1.97. The van der Waals surface area contributed by atoms with Gasteiger partial charge in [0, 0.05) is 24.5 Å². The lowest BCUT2D eigenvalue weighted by Crippen LogP contribution is -2.28. The van der Waals surface area contributed by atoms with Crippen LogP contribution < -0.4 is 5.32 Å². The number of pyridine rings is 1. The van der Waals surface area contributed by atoms with Gasteiger partial charge in [-0.1, -0.05) is 13.0 Å². The molecule has 0 amide bonds. The minimum absolute atomic E-state index is 0.557. The summed E-state index contributed by atoms with van der Waals surface area (Å²) in [6, 6.07) is 6.57. The van der Waals surface area contributed by atoms with Gasteiger partial charge in [-0.2, -0.15) is 11.8 Å². The van der Waals surface area contributed by atoms with E-state index >= 15 is 0 Å². The van der Waals surface area contributed by atoms with Crippen LogP contribution in [0, 0.1) is 0 Å². The van der Waals surface area contributed by atoms with Crippen molar-refractivity contribution < 1.29 is 0 Å². The van der Waals surface area contributed by atoms with Crippen molar-refractivity contribution in [3.63, 3.8) is 0 Å². The van der Waals surface area contributed by atoms with E-state index in [0.717, 1.165) is 12.2 Å². The van der Waals surface area contributed by atoms with Gasteiger partial charge < -0.3 is 5.32 Å². The van der Waals surface area contributed by atoms with Crippen molar-refractivity contribution in [3.05, 3.63) is 30.1 Å². The smallest absolute Gasteiger partial charge is 0.0541 e. The third-order valence-corrected chi connectivity index (χ3v) is 3.07. The predicted octanol–water partition coefficient (Wildman–Crippen LogP) is 2.31. The van der Waals surface area contributed by atoms with E-state index in [-0.39, 0.29) is 0 Å². The van der Waals surface area contributed by atoms with E-state index in [2.05, 4.69) is 24.1 Å². The molecule has 3 heteroatoms. The Bertz CT molecular complexity index is 238. The van der Waals surface area contributed by atoms with Crippen LogP contribution in [-0.4, -0.2) is 22.5 Å². The van der Waals surface area contributed by atoms with E-state index in [1.54, 1.807) is 0 Å². The van der Waals surface area contributed by atoms with Crippen LogP contribution in [0.4, 0.5) is 0 Å². The van der Waals surface area contributed by atoms with E-state index in [1.165, 1.54) is 11.5 Å². The van der Waals surface area contributed by atoms with Gasteiger partial charge in [-0.3, -0.25) is 4.98 Å². The van der Waals surface area contributed by atoms with Crippen LogP contribution in [0.25, 0.3) is 0 Å². The average molecular weight is 210 g/mol. The number of aromatic nitrogens is 1. The van der Waals surface area contributed by atoms with Gasteiger partial charge in [0.2, 0.25) is 0 Å². The highest BCUT2D eigenvalue weighted by Gasteiger charge is 2.00. The molecule has 1 aromatic rings. The summed E-state index contributed by atoms with van der Waals surface area (Å²) < 4.78 is 0. The van der Waals surface area contributed by atoms with Crippen molar-refractivity contribution in [2.45, 2.75) is 26.4 Å². The molecule has 0 aliphatic rings. The van der Waals surface area contributed by atoms with Crippen LogP contribution >= 0.6 is 11.8 Å². The Morgan fingerprint density at radius 3 is 3.00 bits per heavy atom. The molecule has 0 fully saturated rings. The fraction of sp³-hybridized carbons (Fsp3) is 0.545. The highest BCUT2D eigenvalue weighted by molar-refractivity contribution is 7.99. The molecule has 14 heavy (non-hydrogen) atoms. The van der Waals surface area contributed by atoms with Gasteiger partial charge in [0.25, 0.3) is 0 Å². The van der Waals surface area contributed by atoms with Gasteiger partial charge >= 0.3 is 0 Å². The van der Waals surface area contributed by atoms with E-state index in [9.17, 15) is 0 Å². The van der Waals surface area contributed by atoms with E-state index in [1.807, 2.05) is 36.2 Å². The van der Waals surface area contributed by atoms with Crippen LogP contribution in [0.1, 0.15) is 19.5 Å². The van der Waals surface area contributed by atoms with Gasteiger partial charge in [0.05, 0.1) is 5.69 Å². The van der Waals surface area contributed by atoms with Crippen molar-refractivity contribution >= 4 is 11.8 Å². The van der Waals surface area contributed by atoms with Crippen molar-refractivity contribution in [2.24, 2.45) is 0 Å². The summed E-state index contributed by atoms with van der Waals surface area (Å²) in [4.78, 5) is 4.26. The molecule has 0 saturated carbocycles. The van der Waals surface area contributed by atoms with Crippen molar-refractivity contribution in [1.82, 2.24) is 10.3 Å². The van der Waals surface area contributed by atoms with Crippen LogP contribution in [-0.2, 0) is 6.54 Å². The highest BCUT2D eigenvalue weighted by atomic mass is 32.2. The highest BCUT2D eigenvalue weighted by Crippen LogP contribution is 2.02. The molecule has 1 aromatic heterocycles. The first-order valence-electron chi connectivity index (χ1n) is 5.04. The fourth-order valence-corrected chi connectivity index (χ4v) is 1.84. The first-order valence-corrected chi connectivity index (χ1v) is 6.19. The number of rotatable bonds is 6. The number of hydrogen-bond donors (Lipinski definition) is 1. The molecule has 1 atom stereocenters. The molecule has 0 spiro atoms. The maximum absolute atomic E-state index is 4.26. The van der Waals surface area contributed by atoms with Gasteiger partial charge in [-0.15, -0.1) is 0 Å². The molecule has 0 aliphatic heterocycles. The van der Waals surface area contributed by atoms with Crippen LogP contribution in [0.3, 0.4) is 0 Å². The van der Waals surface area contributed by atoms with Crippen molar-refractivity contribution in [3.8, 4) is 0 Å². The summed E-state index contributed by atoms with van der Waals surface area (Å²) in [5, 5.41) is 3.45. The lowest BCUT2D eigenvalue weighted by molar-refractivity contribution is 0.588. The minimum Gasteiger partial charge on any atom is -0.308 e. The standard InChI is InChI=1S/C11H18N2S/c1-3-14-9-10(2)13-8-11-6-4-5-7-12-11/h4-7,10,13H,3,8-9H2,1-2H3. The topological polar surface area (TPSA) is 24.9 Å². The SMILES string of the molecule is CCSCC(C)NCc1ccccn1. The van der Waals surface area contributed by atoms with Gasteiger partial charge in [0.15, 0.2) is 0 Å². The average Bonchev–Trinajstić information content (AvgIpc) is 2.25. The molecule has 1 heterocycles. The van der Waals surface area contributed by atoms with Crippen molar-refractivity contribution in [1.29, 1.82) is 0 Å². The maximum Gasteiger partial charge on any atom is 0.0541 e. The van der Waals surface area contributed by atoms with E-state index in [4.69, 9.17) is 0 Å². The third kappa shape index (κ3) is 4.63. The Kier molecular flexibility index (Phi) is 5.64. The number of hydrogen-bond acceptors (Lipinski definition) is 3. The molecule has 0 radical (unpaired) electrons. The van der Waals surface area contributed by atoms with Crippen LogP contribution in [0.2, 0.25) is 0 Å². The molecule has 0 bridgehead atoms. The molecular weight excluding hydrogens is 192 g/mol. The maximum atomic E-state index is 4.26. The molecule has 78 valence electrons. The Morgan fingerprint density at radius 1 is 1.50 bits per heavy atom. The molecule has 2 nitrogen and oxygen atoms in total. The second kappa shape index (κ2) is 6.85. The first-order chi connectivity index (χ1) is 6.83. The normalized spacial score (nSPS) is 12.7. The monoisotopic (exact) mass is 210 g/mol. The summed E-state index contributed by atoms with van der Waals surface area (Å²) in [6.45, 7) is 5.27. The molecule has 1 unspecified atom stereocenters. The number of nitrogens with zero attached hydrogens (tertiary/aromatic N) is 1. The zero-order valence-electron chi connectivity index (χ0n) is 8.86. The summed E-state index contributed by atoms with van der Waals surface area (Å²) in [5.74, 6) is 2.36. The Balaban J connectivity index is 2.20. The van der Waals surface area contributed by atoms with E-state index in [0.29, 0.717) is 6.04 Å². The van der Waals surface area contributed by atoms with Gasteiger partial charge in [-0.25, -0.2) is 0 Å². The number of thioether (sulfide) groups is 1. The zero-order valence-corrected chi connectivity index (χ0v) is 9.68. The Hall–Kier alpha value is -0.540. The lowest BCUT2D eigenvalue weighted by atomic mass is 10.3. The lowest BCUT2D eigenvalue weighted by Gasteiger charge is -2.12. The van der Waals surface area contributed by atoms with Crippen molar-refractivity contribution in [2.75, 3.05) is 11.5 Å². The van der Waals surface area contributed by atoms with Gasteiger partial charge in [0.1, 0.15) is 0 Å². The number of nitrogens with one attached hydrogen (secondary N) is 1. The van der Waals surface area contributed by atoms with Crippen LogP contribution in [0.15, 0.2) is 24.4 Å². The molecule has 0 aromatic carbocycles. The Morgan fingerprint density at radius 2 is 2.36 bits per heavy atom. The third-order valence-electron chi connectivity index (χ3n) is 1.93.